The average Bonchev–Trinajstić information content (AvgIpc) is 3.98. The number of benzene rings is 4. The van der Waals surface area contributed by atoms with Crippen LogP contribution in [0, 0.1) is 0 Å². The van der Waals surface area contributed by atoms with Crippen LogP contribution in [-0.2, 0) is 14.6 Å². The van der Waals surface area contributed by atoms with Crippen molar-refractivity contribution in [2.75, 3.05) is 56.9 Å². The molecule has 1 fully saturated rings. The van der Waals surface area contributed by atoms with Crippen molar-refractivity contribution in [1.29, 1.82) is 0 Å². The molecule has 4 aromatic rings. The summed E-state index contributed by atoms with van der Waals surface area (Å²) >= 11 is 0. The van der Waals surface area contributed by atoms with Gasteiger partial charge in [0.1, 0.15) is 46.0 Å². The first-order valence-electron chi connectivity index (χ1n) is 17.3. The summed E-state index contributed by atoms with van der Waals surface area (Å²) in [5.74, 6) is 1.34. The molecule has 18 nitrogen and oxygen atoms in total. The van der Waals surface area contributed by atoms with Crippen LogP contribution in [0.25, 0.3) is 0 Å². The van der Waals surface area contributed by atoms with Crippen LogP contribution in [0.3, 0.4) is 0 Å². The lowest BCUT2D eigenvalue weighted by Crippen LogP contribution is -2.19. The van der Waals surface area contributed by atoms with E-state index in [2.05, 4.69) is 9.78 Å². The first kappa shape index (κ1) is 51.3. The van der Waals surface area contributed by atoms with Gasteiger partial charge in [0.05, 0.1) is 62.4 Å². The van der Waals surface area contributed by atoms with Gasteiger partial charge < -0.3 is 53.2 Å². The van der Waals surface area contributed by atoms with E-state index in [1.807, 2.05) is 13.8 Å². The Bertz CT molecular complexity index is 1880. The highest BCUT2D eigenvalue weighted by atomic mass is 17.4. The van der Waals surface area contributed by atoms with Crippen molar-refractivity contribution < 1.29 is 87.0 Å². The Morgan fingerprint density at radius 2 is 0.750 bits per heavy atom. The number of aliphatic hydroxyl groups excluding tert-OH is 1. The number of ketones is 3. The number of carbonyl (C=O) groups excluding carboxylic acids is 4. The fourth-order valence-corrected chi connectivity index (χ4v) is 4.14. The summed E-state index contributed by atoms with van der Waals surface area (Å²) in [6, 6.07) is 18.6. The largest absolute Gasteiger partial charge is 0.497 e. The van der Waals surface area contributed by atoms with Gasteiger partial charge in [-0.1, -0.05) is 0 Å². The molecule has 0 bridgehead atoms. The smallest absolute Gasteiger partial charge is 0.335 e. The SMILES string of the molecule is CC1(C)OO1.COc1cc(OC)cc(C(=O)C(O)O)c1.COc1cc(OC)cc(C(=O)C=O)c1.COc1cc(OC)cc(C(=O)O)c1.COc1cc(OC)cc(C(C)=O)c1. The molecule has 0 aromatic heterocycles. The van der Waals surface area contributed by atoms with Crippen molar-refractivity contribution in [2.45, 2.75) is 32.8 Å². The summed E-state index contributed by atoms with van der Waals surface area (Å²) in [6.45, 7) is 5.22. The van der Waals surface area contributed by atoms with Gasteiger partial charge in [0.2, 0.25) is 23.6 Å². The molecule has 0 amide bonds. The van der Waals surface area contributed by atoms with Crippen LogP contribution in [0.15, 0.2) is 72.8 Å². The standard InChI is InChI=1S/C10H12O5.C10H10O4.C10H12O3.C9H10O4.C3H6O2/c1-14-7-3-6(9(11)10(12)13)4-8(5-7)15-2;1-13-8-3-7(10(12)6-11)4-9(5-8)14-2;1-7(11)8-4-9(12-2)6-10(5-8)13-3;1-12-7-3-6(9(10)11)4-8(5-7)13-2;1-3(2)4-5-3/h3-5,10,12-13H,1-2H3;3-6H,1-2H3;4-6H,1-3H3;3-5H,1-2H3,(H,10,11);1-2H3. The van der Waals surface area contributed by atoms with Crippen LogP contribution in [0.1, 0.15) is 62.2 Å². The molecule has 0 atom stereocenters. The summed E-state index contributed by atoms with van der Waals surface area (Å²) in [6.07, 6.45) is -1.77. The van der Waals surface area contributed by atoms with Gasteiger partial charge in [-0.25, -0.2) is 4.79 Å². The van der Waals surface area contributed by atoms with Crippen LogP contribution in [-0.4, -0.2) is 114 Å². The number of hydrogen-bond donors (Lipinski definition) is 3. The molecule has 1 saturated heterocycles. The van der Waals surface area contributed by atoms with Gasteiger partial charge in [0.15, 0.2) is 12.1 Å². The molecule has 1 aliphatic rings. The van der Waals surface area contributed by atoms with E-state index in [0.717, 1.165) is 0 Å². The van der Waals surface area contributed by atoms with Crippen molar-refractivity contribution >= 4 is 29.6 Å². The number of aldehydes is 1. The van der Waals surface area contributed by atoms with E-state index in [-0.39, 0.29) is 34.5 Å². The number of Topliss-reactive ketones (excluding diaryl/α,β-unsaturated/α-hetero) is 3. The first-order valence-corrected chi connectivity index (χ1v) is 17.3. The molecule has 326 valence electrons. The minimum absolute atomic E-state index is 0.00259. The first-order chi connectivity index (χ1) is 28.3. The van der Waals surface area contributed by atoms with Gasteiger partial charge in [0.25, 0.3) is 0 Å². The Balaban J connectivity index is 0.000000385. The zero-order valence-electron chi connectivity index (χ0n) is 35.0. The van der Waals surface area contributed by atoms with Gasteiger partial charge in [-0.15, -0.1) is 0 Å². The number of aliphatic hydroxyl groups is 2. The van der Waals surface area contributed by atoms with Crippen molar-refractivity contribution in [1.82, 2.24) is 0 Å². The summed E-state index contributed by atoms with van der Waals surface area (Å²) in [4.78, 5) is 63.1. The molecule has 4 aromatic carbocycles. The lowest BCUT2D eigenvalue weighted by Gasteiger charge is -2.08. The number of hydrogen-bond acceptors (Lipinski definition) is 17. The van der Waals surface area contributed by atoms with Crippen LogP contribution < -0.4 is 37.9 Å². The minimum Gasteiger partial charge on any atom is -0.497 e. The Kier molecular flexibility index (Phi) is 21.9. The van der Waals surface area contributed by atoms with E-state index in [9.17, 15) is 24.0 Å². The Hall–Kier alpha value is -6.73. The topological polar surface area (TPSA) is 245 Å². The zero-order valence-corrected chi connectivity index (χ0v) is 35.0. The van der Waals surface area contributed by atoms with Crippen molar-refractivity contribution in [3.05, 3.63) is 95.1 Å². The number of carbonyl (C=O) groups is 5. The van der Waals surface area contributed by atoms with Gasteiger partial charge in [0, 0.05) is 41.0 Å². The highest BCUT2D eigenvalue weighted by Gasteiger charge is 2.36. The maximum atomic E-state index is 11.3. The Labute approximate surface area is 346 Å². The average molecular weight is 843 g/mol. The lowest BCUT2D eigenvalue weighted by atomic mass is 10.1. The third kappa shape index (κ3) is 18.2. The maximum Gasteiger partial charge on any atom is 0.335 e. The highest BCUT2D eigenvalue weighted by molar-refractivity contribution is 6.33. The van der Waals surface area contributed by atoms with E-state index in [1.54, 1.807) is 50.6 Å². The van der Waals surface area contributed by atoms with E-state index in [4.69, 9.17) is 53.2 Å². The number of carboxylic acid groups (broad SMARTS) is 1. The molecular formula is C42H50O18. The number of ether oxygens (including phenoxy) is 8. The lowest BCUT2D eigenvalue weighted by molar-refractivity contribution is -0.104. The fraction of sp³-hybridized carbons (Fsp3) is 0.310. The second kappa shape index (κ2) is 25.6. The number of aromatic carboxylic acids is 1. The van der Waals surface area contributed by atoms with Gasteiger partial charge in [-0.3, -0.25) is 19.2 Å². The molecule has 3 N–H and O–H groups in total. The highest BCUT2D eigenvalue weighted by Crippen LogP contribution is 2.27. The summed E-state index contributed by atoms with van der Waals surface area (Å²) < 4.78 is 39.6. The predicted octanol–water partition coefficient (Wildman–Crippen LogP) is 5.28. The molecule has 5 rings (SSSR count). The third-order valence-electron chi connectivity index (χ3n) is 7.39. The molecule has 60 heavy (non-hydrogen) atoms. The number of carboxylic acids is 1. The molecule has 1 aliphatic heterocycles. The van der Waals surface area contributed by atoms with E-state index in [0.29, 0.717) is 51.6 Å². The van der Waals surface area contributed by atoms with Crippen molar-refractivity contribution in [3.63, 3.8) is 0 Å². The Morgan fingerprint density at radius 1 is 0.500 bits per heavy atom. The van der Waals surface area contributed by atoms with Crippen LogP contribution in [0.5, 0.6) is 46.0 Å². The molecule has 18 heteroatoms. The molecule has 0 aliphatic carbocycles. The normalized spacial score (nSPS) is 11.3. The predicted molar refractivity (Wildman–Crippen MR) is 214 cm³/mol. The number of rotatable bonds is 14. The second-order valence-corrected chi connectivity index (χ2v) is 12.1. The van der Waals surface area contributed by atoms with E-state index in [1.165, 1.54) is 86.0 Å². The van der Waals surface area contributed by atoms with Gasteiger partial charge >= 0.3 is 5.97 Å². The van der Waals surface area contributed by atoms with Crippen molar-refractivity contribution in [3.8, 4) is 46.0 Å². The van der Waals surface area contributed by atoms with E-state index >= 15 is 0 Å². The summed E-state index contributed by atoms with van der Waals surface area (Å²) in [5.41, 5.74) is 1.13. The van der Waals surface area contributed by atoms with E-state index < -0.39 is 23.8 Å². The molecule has 1 heterocycles. The monoisotopic (exact) mass is 842 g/mol. The summed E-state index contributed by atoms with van der Waals surface area (Å²) in [7, 11) is 11.9. The van der Waals surface area contributed by atoms with Crippen molar-refractivity contribution in [2.24, 2.45) is 0 Å². The molecule has 0 radical (unpaired) electrons. The minimum atomic E-state index is -2.03. The molecule has 0 unspecified atom stereocenters. The quantitative estimate of drug-likeness (QED) is 0.0365. The van der Waals surface area contributed by atoms with Crippen LogP contribution >= 0.6 is 0 Å². The molecular weight excluding hydrogens is 792 g/mol. The summed E-state index contributed by atoms with van der Waals surface area (Å²) in [5, 5.41) is 26.2. The zero-order chi connectivity index (χ0) is 45.6. The van der Waals surface area contributed by atoms with Crippen LogP contribution in [0.2, 0.25) is 0 Å². The number of methoxy groups -OCH3 is 8. The molecule has 0 saturated carbocycles. The van der Waals surface area contributed by atoms with Crippen LogP contribution in [0.4, 0.5) is 0 Å². The van der Waals surface area contributed by atoms with Gasteiger partial charge in [-0.05, 0) is 69.3 Å². The maximum absolute atomic E-state index is 11.3. The van der Waals surface area contributed by atoms with Gasteiger partial charge in [-0.2, -0.15) is 9.78 Å². The fourth-order valence-electron chi connectivity index (χ4n) is 4.14. The molecule has 0 spiro atoms. The second-order valence-electron chi connectivity index (χ2n) is 12.1. The Morgan fingerprint density at radius 3 is 0.950 bits per heavy atom. The third-order valence-corrected chi connectivity index (χ3v) is 7.39.